The Balaban J connectivity index is 1.97. The Morgan fingerprint density at radius 3 is 1.44 bits per heavy atom. The van der Waals surface area contributed by atoms with Gasteiger partial charge in [-0.2, -0.15) is 0 Å². The molecular weight excluding hydrogens is 400 g/mol. The van der Waals surface area contributed by atoms with Crippen LogP contribution in [0, 0.1) is 0 Å². The molecule has 0 aliphatic heterocycles. The summed E-state index contributed by atoms with van der Waals surface area (Å²) in [6.07, 6.45) is 0.704. The lowest BCUT2D eigenvalue weighted by Gasteiger charge is -2.13. The van der Waals surface area contributed by atoms with Gasteiger partial charge in [0, 0.05) is 11.1 Å². The number of aryl methyl sites for hydroxylation is 1. The lowest BCUT2D eigenvalue weighted by molar-refractivity contribution is -0.117. The largest absolute Gasteiger partial charge is 0.300 e. The van der Waals surface area contributed by atoms with Crippen LogP contribution in [-0.2, 0) is 16.0 Å². The van der Waals surface area contributed by atoms with Gasteiger partial charge in [-0.3, -0.25) is 19.2 Å². The first-order valence-electron chi connectivity index (χ1n) is 10.7. The maximum absolute atomic E-state index is 12.2. The van der Waals surface area contributed by atoms with E-state index in [0.29, 0.717) is 11.1 Å². The minimum absolute atomic E-state index is 0.0926. The van der Waals surface area contributed by atoms with Crippen molar-refractivity contribution in [3.63, 3.8) is 0 Å². The molecule has 32 heavy (non-hydrogen) atoms. The van der Waals surface area contributed by atoms with E-state index in [2.05, 4.69) is 25.1 Å². The van der Waals surface area contributed by atoms with E-state index in [1.54, 1.807) is 24.3 Å². The summed E-state index contributed by atoms with van der Waals surface area (Å²) < 4.78 is 0. The number of hydrogen-bond donors (Lipinski definition) is 0. The van der Waals surface area contributed by atoms with E-state index in [1.165, 1.54) is 19.4 Å². The van der Waals surface area contributed by atoms with Crippen LogP contribution in [0.15, 0.2) is 66.7 Å². The highest BCUT2D eigenvalue weighted by Crippen LogP contribution is 2.34. The molecular formula is C28H26O4. The summed E-state index contributed by atoms with van der Waals surface area (Å²) in [5.41, 5.74) is 6.18. The van der Waals surface area contributed by atoms with Crippen LogP contribution in [0.4, 0.5) is 0 Å². The summed E-state index contributed by atoms with van der Waals surface area (Å²) in [7, 11) is 0. The Labute approximate surface area is 188 Å². The van der Waals surface area contributed by atoms with E-state index in [-0.39, 0.29) is 36.0 Å². The Morgan fingerprint density at radius 2 is 1.03 bits per heavy atom. The third-order valence-corrected chi connectivity index (χ3v) is 5.35. The number of ketones is 4. The molecule has 4 heteroatoms. The first kappa shape index (κ1) is 23.0. The summed E-state index contributed by atoms with van der Waals surface area (Å²) in [5.74, 6) is -0.669. The van der Waals surface area contributed by atoms with Crippen molar-refractivity contribution in [3.8, 4) is 22.3 Å². The minimum atomic E-state index is -0.184. The maximum atomic E-state index is 12.2. The highest BCUT2D eigenvalue weighted by atomic mass is 16.2. The number of hydrogen-bond acceptors (Lipinski definition) is 4. The summed E-state index contributed by atoms with van der Waals surface area (Å²) in [6.45, 7) is 4.91. The molecule has 0 aromatic heterocycles. The fraction of sp³-hybridized carbons (Fsp3) is 0.214. The molecule has 162 valence electrons. The lowest BCUT2D eigenvalue weighted by atomic mass is 9.91. The standard InChI is InChI=1S/C28H26O4/c1-4-20-5-14-25(21-6-10-23(11-7-21)27(31)15-18(2)29)26(17-20)22-8-12-24(13-9-22)28(32)16-19(3)30/h5-14,17H,4,15-16H2,1-3H3. The monoisotopic (exact) mass is 426 g/mol. The summed E-state index contributed by atoms with van der Waals surface area (Å²) >= 11 is 0. The van der Waals surface area contributed by atoms with Crippen molar-refractivity contribution in [2.24, 2.45) is 0 Å². The zero-order valence-electron chi connectivity index (χ0n) is 18.6. The smallest absolute Gasteiger partial charge is 0.170 e. The van der Waals surface area contributed by atoms with E-state index in [1.807, 2.05) is 24.3 Å². The number of Topliss-reactive ketones (excluding diaryl/α,β-unsaturated/α-hetero) is 4. The molecule has 0 N–H and O–H groups in total. The first-order chi connectivity index (χ1) is 15.3. The van der Waals surface area contributed by atoms with Gasteiger partial charge in [-0.05, 0) is 48.1 Å². The van der Waals surface area contributed by atoms with Crippen LogP contribution in [0.2, 0.25) is 0 Å². The fourth-order valence-corrected chi connectivity index (χ4v) is 3.63. The molecule has 3 aromatic carbocycles. The predicted molar refractivity (Wildman–Crippen MR) is 126 cm³/mol. The van der Waals surface area contributed by atoms with Crippen LogP contribution in [0.25, 0.3) is 22.3 Å². The van der Waals surface area contributed by atoms with Gasteiger partial charge >= 0.3 is 0 Å². The summed E-state index contributed by atoms with van der Waals surface area (Å²) in [6, 6.07) is 20.9. The molecule has 0 aliphatic carbocycles. The zero-order valence-corrected chi connectivity index (χ0v) is 18.6. The molecule has 0 saturated heterocycles. The quantitative estimate of drug-likeness (QED) is 0.315. The number of benzene rings is 3. The van der Waals surface area contributed by atoms with E-state index >= 15 is 0 Å². The van der Waals surface area contributed by atoms with Crippen molar-refractivity contribution < 1.29 is 19.2 Å². The molecule has 0 radical (unpaired) electrons. The van der Waals surface area contributed by atoms with Gasteiger partial charge in [-0.15, -0.1) is 0 Å². The Kier molecular flexibility index (Phi) is 7.26. The SMILES string of the molecule is CCc1ccc(-c2ccc(C(=O)CC(C)=O)cc2)c(-c2ccc(C(=O)CC(C)=O)cc2)c1. The molecule has 0 amide bonds. The fourth-order valence-electron chi connectivity index (χ4n) is 3.63. The van der Waals surface area contributed by atoms with E-state index in [0.717, 1.165) is 28.7 Å². The van der Waals surface area contributed by atoms with E-state index in [9.17, 15) is 19.2 Å². The normalized spacial score (nSPS) is 10.6. The van der Waals surface area contributed by atoms with Crippen molar-refractivity contribution >= 4 is 23.1 Å². The third kappa shape index (κ3) is 5.52. The molecule has 0 unspecified atom stereocenters. The van der Waals surface area contributed by atoms with Gasteiger partial charge in [0.05, 0.1) is 12.8 Å². The topological polar surface area (TPSA) is 68.3 Å². The van der Waals surface area contributed by atoms with Crippen LogP contribution in [0.3, 0.4) is 0 Å². The molecule has 3 rings (SSSR count). The average molecular weight is 427 g/mol. The van der Waals surface area contributed by atoms with Crippen molar-refractivity contribution in [2.75, 3.05) is 0 Å². The third-order valence-electron chi connectivity index (χ3n) is 5.35. The molecule has 0 saturated carbocycles. The van der Waals surface area contributed by atoms with Crippen LogP contribution in [0.1, 0.15) is 59.9 Å². The van der Waals surface area contributed by atoms with Gasteiger partial charge in [0.15, 0.2) is 11.6 Å². The highest BCUT2D eigenvalue weighted by molar-refractivity contribution is 6.08. The van der Waals surface area contributed by atoms with Crippen molar-refractivity contribution in [3.05, 3.63) is 83.4 Å². The highest BCUT2D eigenvalue weighted by Gasteiger charge is 2.13. The van der Waals surface area contributed by atoms with Crippen LogP contribution >= 0.6 is 0 Å². The second-order valence-electron chi connectivity index (χ2n) is 7.99. The number of carbonyl (C=O) groups is 4. The Hall–Kier alpha value is -3.66. The van der Waals surface area contributed by atoms with Crippen molar-refractivity contribution in [1.82, 2.24) is 0 Å². The molecule has 0 spiro atoms. The van der Waals surface area contributed by atoms with Gasteiger partial charge in [-0.1, -0.05) is 73.7 Å². The van der Waals surface area contributed by atoms with Crippen LogP contribution < -0.4 is 0 Å². The van der Waals surface area contributed by atoms with Crippen molar-refractivity contribution in [2.45, 2.75) is 40.0 Å². The number of rotatable bonds is 9. The molecule has 0 bridgehead atoms. The average Bonchev–Trinajstić information content (AvgIpc) is 2.78. The molecule has 0 heterocycles. The summed E-state index contributed by atoms with van der Waals surface area (Å²) in [5, 5.41) is 0. The molecule has 3 aromatic rings. The second-order valence-corrected chi connectivity index (χ2v) is 7.99. The predicted octanol–water partition coefficient (Wildman–Crippen LogP) is 5.91. The van der Waals surface area contributed by atoms with E-state index < -0.39 is 0 Å². The second kappa shape index (κ2) is 10.1. The van der Waals surface area contributed by atoms with Crippen LogP contribution in [-0.4, -0.2) is 23.1 Å². The zero-order chi connectivity index (χ0) is 23.3. The van der Waals surface area contributed by atoms with Gasteiger partial charge in [0.1, 0.15) is 11.6 Å². The molecule has 4 nitrogen and oxygen atoms in total. The maximum Gasteiger partial charge on any atom is 0.170 e. The number of carbonyl (C=O) groups excluding carboxylic acids is 4. The lowest BCUT2D eigenvalue weighted by Crippen LogP contribution is -2.04. The van der Waals surface area contributed by atoms with Gasteiger partial charge in [0.2, 0.25) is 0 Å². The first-order valence-corrected chi connectivity index (χ1v) is 10.7. The van der Waals surface area contributed by atoms with Gasteiger partial charge in [-0.25, -0.2) is 0 Å². The van der Waals surface area contributed by atoms with Crippen LogP contribution in [0.5, 0.6) is 0 Å². The van der Waals surface area contributed by atoms with Gasteiger partial charge < -0.3 is 0 Å². The molecule has 0 atom stereocenters. The minimum Gasteiger partial charge on any atom is -0.300 e. The molecule has 0 fully saturated rings. The van der Waals surface area contributed by atoms with Gasteiger partial charge in [0.25, 0.3) is 0 Å². The Morgan fingerprint density at radius 1 is 0.594 bits per heavy atom. The van der Waals surface area contributed by atoms with Crippen molar-refractivity contribution in [1.29, 1.82) is 0 Å². The Bertz CT molecular complexity index is 1170. The molecule has 0 aliphatic rings. The summed E-state index contributed by atoms with van der Waals surface area (Å²) in [4.78, 5) is 46.8. The van der Waals surface area contributed by atoms with E-state index in [4.69, 9.17) is 0 Å².